The summed E-state index contributed by atoms with van der Waals surface area (Å²) in [6.07, 6.45) is 21.8. The van der Waals surface area contributed by atoms with E-state index in [-0.39, 0.29) is 0 Å². The van der Waals surface area contributed by atoms with Gasteiger partial charge < -0.3 is 4.90 Å². The lowest BCUT2D eigenvalue weighted by molar-refractivity contribution is 0.648. The smallest absolute Gasteiger partial charge is 0.133 e. The summed E-state index contributed by atoms with van der Waals surface area (Å²) in [6, 6.07) is 0. The largest absolute Gasteiger partial charge is 0.330 e. The van der Waals surface area contributed by atoms with Crippen LogP contribution >= 0.6 is 0 Å². The van der Waals surface area contributed by atoms with Crippen LogP contribution in [0.3, 0.4) is 0 Å². The lowest BCUT2D eigenvalue weighted by Crippen LogP contribution is -2.24. The Hall–Kier alpha value is -2.87. The molecule has 0 amide bonds. The molecule has 1 atom stereocenters. The Morgan fingerprint density at radius 1 is 1.00 bits per heavy atom. The summed E-state index contributed by atoms with van der Waals surface area (Å²) in [4.78, 5) is 6.98. The van der Waals surface area contributed by atoms with Gasteiger partial charge in [0.25, 0.3) is 0 Å². The minimum atomic E-state index is 0.360. The lowest BCUT2D eigenvalue weighted by Gasteiger charge is -2.21. The molecule has 0 heterocycles. The molecular weight excluding hydrogens is 364 g/mol. The molecule has 0 saturated carbocycles. The summed E-state index contributed by atoms with van der Waals surface area (Å²) < 4.78 is 0. The Balaban J connectivity index is 0. The molecule has 1 aliphatic rings. The molecule has 0 spiro atoms. The zero-order valence-electron chi connectivity index (χ0n) is 20.4. The molecule has 30 heavy (non-hydrogen) atoms. The number of hydrogen-bond donors (Lipinski definition) is 0. The fourth-order valence-corrected chi connectivity index (χ4v) is 2.59. The van der Waals surface area contributed by atoms with Gasteiger partial charge in [-0.15, -0.1) is 0 Å². The molecule has 2 nitrogen and oxygen atoms in total. The zero-order chi connectivity index (χ0) is 23.5. The standard InChI is InChI=1S/C24H30N2.2C2H6/c1-8-13-20(10-3)15-16-24(26(7)22(12-5)14-9-2)25-23-18-19(6)17-21(23)11-4;2*1-2/h8-19H,1,3-4H2,2,5-7H3;2*1-2H3/b14-9-,16-15+,20-13+,22-12+,25-24?;;. The average molecular weight is 407 g/mol. The first-order valence-corrected chi connectivity index (χ1v) is 10.8. The molecule has 164 valence electrons. The third-order valence-corrected chi connectivity index (χ3v) is 3.95. The van der Waals surface area contributed by atoms with Crippen molar-refractivity contribution in [1.29, 1.82) is 0 Å². The highest BCUT2D eigenvalue weighted by atomic mass is 15.2. The number of likely N-dealkylation sites (N-methyl/N-ethyl adjacent to an activating group) is 1. The van der Waals surface area contributed by atoms with Crippen LogP contribution in [0.15, 0.2) is 114 Å². The Labute approximate surface area is 186 Å². The molecule has 1 aliphatic carbocycles. The number of allylic oxidation sites excluding steroid dienone is 11. The van der Waals surface area contributed by atoms with Gasteiger partial charge in [-0.2, -0.15) is 0 Å². The van der Waals surface area contributed by atoms with Gasteiger partial charge in [-0.05, 0) is 43.1 Å². The summed E-state index contributed by atoms with van der Waals surface area (Å²) in [7, 11) is 2.01. The van der Waals surface area contributed by atoms with E-state index in [2.05, 4.69) is 55.9 Å². The van der Waals surface area contributed by atoms with Crippen LogP contribution in [-0.4, -0.2) is 17.8 Å². The van der Waals surface area contributed by atoms with Crippen molar-refractivity contribution >= 4 is 5.84 Å². The van der Waals surface area contributed by atoms with E-state index < -0.39 is 0 Å². The van der Waals surface area contributed by atoms with Gasteiger partial charge in [0.1, 0.15) is 5.84 Å². The van der Waals surface area contributed by atoms with Gasteiger partial charge >= 0.3 is 0 Å². The highest BCUT2D eigenvalue weighted by Crippen LogP contribution is 2.26. The van der Waals surface area contributed by atoms with Crippen LogP contribution in [0, 0.1) is 5.92 Å². The molecule has 0 saturated heterocycles. The molecule has 0 radical (unpaired) electrons. The second kappa shape index (κ2) is 18.2. The van der Waals surface area contributed by atoms with Crippen molar-refractivity contribution in [2.24, 2.45) is 10.9 Å². The van der Waals surface area contributed by atoms with E-state index in [9.17, 15) is 0 Å². The average Bonchev–Trinajstić information content (AvgIpc) is 3.15. The van der Waals surface area contributed by atoms with Crippen LogP contribution in [-0.2, 0) is 0 Å². The first kappa shape index (κ1) is 29.3. The van der Waals surface area contributed by atoms with Crippen LogP contribution in [0.1, 0.15) is 48.5 Å². The maximum absolute atomic E-state index is 4.91. The van der Waals surface area contributed by atoms with Crippen LogP contribution in [0.4, 0.5) is 0 Å². The molecule has 0 aliphatic heterocycles. The van der Waals surface area contributed by atoms with Gasteiger partial charge in [-0.25, -0.2) is 4.99 Å². The summed E-state index contributed by atoms with van der Waals surface area (Å²) in [6.45, 7) is 25.7. The van der Waals surface area contributed by atoms with Gasteiger partial charge in [0.15, 0.2) is 0 Å². The molecule has 1 unspecified atom stereocenters. The van der Waals surface area contributed by atoms with Gasteiger partial charge in [-0.3, -0.25) is 0 Å². The Morgan fingerprint density at radius 2 is 1.63 bits per heavy atom. The minimum absolute atomic E-state index is 0.360. The number of amidine groups is 1. The number of aliphatic imine (C=N–C) groups is 1. The van der Waals surface area contributed by atoms with Crippen molar-refractivity contribution in [2.75, 3.05) is 7.05 Å². The molecule has 0 N–H and O–H groups in total. The van der Waals surface area contributed by atoms with Gasteiger partial charge in [-0.1, -0.05) is 109 Å². The normalized spacial score (nSPS) is 16.8. The maximum atomic E-state index is 4.91. The molecule has 0 bridgehead atoms. The summed E-state index contributed by atoms with van der Waals surface area (Å²) in [5, 5.41) is 0. The van der Waals surface area contributed by atoms with Crippen molar-refractivity contribution in [1.82, 2.24) is 4.90 Å². The van der Waals surface area contributed by atoms with Gasteiger partial charge in [0.05, 0.1) is 5.70 Å². The third kappa shape index (κ3) is 10.1. The minimum Gasteiger partial charge on any atom is -0.330 e. The van der Waals surface area contributed by atoms with Crippen LogP contribution in [0.5, 0.6) is 0 Å². The zero-order valence-corrected chi connectivity index (χ0v) is 20.4. The Kier molecular flexibility index (Phi) is 17.8. The summed E-state index contributed by atoms with van der Waals surface area (Å²) in [5.41, 5.74) is 4.06. The van der Waals surface area contributed by atoms with E-state index in [1.807, 2.05) is 79.0 Å². The van der Waals surface area contributed by atoms with E-state index in [4.69, 9.17) is 4.99 Å². The molecule has 0 aromatic rings. The van der Waals surface area contributed by atoms with E-state index >= 15 is 0 Å². The predicted octanol–water partition coefficient (Wildman–Crippen LogP) is 8.35. The fraction of sp³-hybridized carbons (Fsp3) is 0.321. The first-order chi connectivity index (χ1) is 14.5. The molecular formula is C28H42N2. The van der Waals surface area contributed by atoms with E-state index in [1.165, 1.54) is 0 Å². The summed E-state index contributed by atoms with van der Waals surface area (Å²) in [5.74, 6) is 1.19. The van der Waals surface area contributed by atoms with Crippen molar-refractivity contribution in [3.05, 3.63) is 109 Å². The van der Waals surface area contributed by atoms with Gasteiger partial charge in [0, 0.05) is 12.7 Å². The van der Waals surface area contributed by atoms with Crippen molar-refractivity contribution in [2.45, 2.75) is 48.5 Å². The fourth-order valence-electron chi connectivity index (χ4n) is 2.59. The first-order valence-electron chi connectivity index (χ1n) is 10.8. The molecule has 0 fully saturated rings. The van der Waals surface area contributed by atoms with Gasteiger partial charge in [0.2, 0.25) is 0 Å². The van der Waals surface area contributed by atoms with Crippen LogP contribution < -0.4 is 0 Å². The van der Waals surface area contributed by atoms with Crippen molar-refractivity contribution in [3.63, 3.8) is 0 Å². The van der Waals surface area contributed by atoms with E-state index in [0.717, 1.165) is 28.4 Å². The molecule has 0 aromatic heterocycles. The lowest BCUT2D eigenvalue weighted by atomic mass is 10.2. The Morgan fingerprint density at radius 3 is 2.10 bits per heavy atom. The van der Waals surface area contributed by atoms with Crippen LogP contribution in [0.25, 0.3) is 0 Å². The third-order valence-electron chi connectivity index (χ3n) is 3.95. The molecule has 2 heteroatoms. The number of nitrogens with zero attached hydrogens (tertiary/aromatic N) is 2. The number of rotatable bonds is 8. The second-order valence-corrected chi connectivity index (χ2v) is 5.92. The quantitative estimate of drug-likeness (QED) is 0.225. The number of hydrogen-bond acceptors (Lipinski definition) is 1. The highest BCUT2D eigenvalue weighted by molar-refractivity contribution is 5.96. The van der Waals surface area contributed by atoms with Crippen molar-refractivity contribution < 1.29 is 0 Å². The van der Waals surface area contributed by atoms with Crippen LogP contribution in [0.2, 0.25) is 0 Å². The second-order valence-electron chi connectivity index (χ2n) is 5.92. The highest BCUT2D eigenvalue weighted by Gasteiger charge is 2.14. The SMILES string of the molecule is C=C/C=C(C=C)/C=C/C(=NC1=CC(C)C=C1C=C)N(C)C(/C=C\C)=C/C.CC.CC. The monoisotopic (exact) mass is 406 g/mol. The maximum Gasteiger partial charge on any atom is 0.133 e. The van der Waals surface area contributed by atoms with Crippen molar-refractivity contribution in [3.8, 4) is 0 Å². The molecule has 0 aromatic carbocycles. The predicted molar refractivity (Wildman–Crippen MR) is 140 cm³/mol. The topological polar surface area (TPSA) is 15.6 Å². The molecule has 1 rings (SSSR count). The summed E-state index contributed by atoms with van der Waals surface area (Å²) >= 11 is 0. The Bertz CT molecular complexity index is 750. The van der Waals surface area contributed by atoms with E-state index in [1.54, 1.807) is 12.2 Å². The van der Waals surface area contributed by atoms with E-state index in [0.29, 0.717) is 5.92 Å².